The van der Waals surface area contributed by atoms with Crippen LogP contribution < -0.4 is 14.9 Å². The van der Waals surface area contributed by atoms with E-state index in [9.17, 15) is 9.59 Å². The van der Waals surface area contributed by atoms with Gasteiger partial charge in [-0.25, -0.2) is 5.43 Å². The molecule has 0 aliphatic carbocycles. The third-order valence-electron chi connectivity index (χ3n) is 2.74. The zero-order valence-corrected chi connectivity index (χ0v) is 12.6. The molecule has 1 aromatic heterocycles. The highest BCUT2D eigenvalue weighted by molar-refractivity contribution is 5.94. The maximum absolute atomic E-state index is 11.8. The smallest absolute Gasteiger partial charge is 0.308 e. The quantitative estimate of drug-likeness (QED) is 0.393. The number of pyridine rings is 1. The van der Waals surface area contributed by atoms with Gasteiger partial charge in [-0.1, -0.05) is 0 Å². The Morgan fingerprint density at radius 3 is 2.74 bits per heavy atom. The molecule has 1 heterocycles. The van der Waals surface area contributed by atoms with Crippen molar-refractivity contribution in [1.29, 1.82) is 0 Å². The Morgan fingerprint density at radius 2 is 2.09 bits per heavy atom. The molecule has 7 heteroatoms. The fourth-order valence-corrected chi connectivity index (χ4v) is 1.73. The van der Waals surface area contributed by atoms with Crippen LogP contribution in [0.5, 0.6) is 11.5 Å². The van der Waals surface area contributed by atoms with Gasteiger partial charge in [0.15, 0.2) is 11.5 Å². The van der Waals surface area contributed by atoms with Gasteiger partial charge in [-0.05, 0) is 35.9 Å². The molecule has 0 bridgehead atoms. The number of esters is 1. The number of amides is 1. The van der Waals surface area contributed by atoms with Gasteiger partial charge < -0.3 is 9.47 Å². The van der Waals surface area contributed by atoms with Crippen LogP contribution in [0.3, 0.4) is 0 Å². The predicted molar refractivity (Wildman–Crippen MR) is 83.6 cm³/mol. The molecule has 0 saturated heterocycles. The third kappa shape index (κ3) is 4.63. The monoisotopic (exact) mass is 313 g/mol. The van der Waals surface area contributed by atoms with Crippen molar-refractivity contribution in [2.75, 3.05) is 7.11 Å². The van der Waals surface area contributed by atoms with Crippen molar-refractivity contribution >= 4 is 18.1 Å². The normalized spacial score (nSPS) is 10.3. The van der Waals surface area contributed by atoms with E-state index in [1.165, 1.54) is 26.4 Å². The lowest BCUT2D eigenvalue weighted by Crippen LogP contribution is -2.17. The van der Waals surface area contributed by atoms with Gasteiger partial charge in [0.25, 0.3) is 5.91 Å². The molecule has 0 spiro atoms. The number of methoxy groups -OCH3 is 1. The van der Waals surface area contributed by atoms with E-state index >= 15 is 0 Å². The minimum Gasteiger partial charge on any atom is -0.493 e. The Bertz CT molecular complexity index is 729. The molecule has 1 aromatic carbocycles. The number of hydrazone groups is 1. The Hall–Kier alpha value is -3.22. The third-order valence-corrected chi connectivity index (χ3v) is 2.74. The second kappa shape index (κ2) is 7.69. The number of carbonyl (C=O) groups excluding carboxylic acids is 2. The molecular weight excluding hydrogens is 298 g/mol. The van der Waals surface area contributed by atoms with E-state index in [1.807, 2.05) is 0 Å². The topological polar surface area (TPSA) is 89.9 Å². The van der Waals surface area contributed by atoms with E-state index in [2.05, 4.69) is 15.5 Å². The van der Waals surface area contributed by atoms with Crippen LogP contribution in [0.2, 0.25) is 0 Å². The lowest BCUT2D eigenvalue weighted by molar-refractivity contribution is -0.132. The summed E-state index contributed by atoms with van der Waals surface area (Å²) in [6.07, 6.45) is 4.48. The number of hydrogen-bond acceptors (Lipinski definition) is 6. The van der Waals surface area contributed by atoms with Gasteiger partial charge in [-0.2, -0.15) is 5.10 Å². The lowest BCUT2D eigenvalue weighted by atomic mass is 10.2. The fourth-order valence-electron chi connectivity index (χ4n) is 1.73. The summed E-state index contributed by atoms with van der Waals surface area (Å²) >= 11 is 0. The average Bonchev–Trinajstić information content (AvgIpc) is 2.56. The highest BCUT2D eigenvalue weighted by Gasteiger charge is 2.07. The summed E-state index contributed by atoms with van der Waals surface area (Å²) < 4.78 is 10.2. The molecule has 0 aliphatic rings. The summed E-state index contributed by atoms with van der Waals surface area (Å²) in [7, 11) is 1.47. The van der Waals surface area contributed by atoms with Crippen LogP contribution in [0, 0.1) is 0 Å². The summed E-state index contributed by atoms with van der Waals surface area (Å²) in [5.41, 5.74) is 3.48. The molecule has 0 aliphatic heterocycles. The zero-order chi connectivity index (χ0) is 16.7. The SMILES string of the molecule is COc1cc(/C=N/NC(=O)c2cccnc2)ccc1OC(C)=O. The first-order valence-corrected chi connectivity index (χ1v) is 6.70. The van der Waals surface area contributed by atoms with Gasteiger partial charge in [0, 0.05) is 19.3 Å². The minimum absolute atomic E-state index is 0.316. The van der Waals surface area contributed by atoms with Crippen molar-refractivity contribution in [2.24, 2.45) is 5.10 Å². The van der Waals surface area contributed by atoms with E-state index in [0.717, 1.165) is 0 Å². The van der Waals surface area contributed by atoms with Crippen LogP contribution in [-0.2, 0) is 4.79 Å². The molecule has 0 fully saturated rings. The first-order valence-electron chi connectivity index (χ1n) is 6.70. The second-order valence-corrected chi connectivity index (χ2v) is 4.44. The number of benzene rings is 1. The first kappa shape index (κ1) is 16.2. The van der Waals surface area contributed by atoms with Crippen LogP contribution in [0.25, 0.3) is 0 Å². The maximum atomic E-state index is 11.8. The van der Waals surface area contributed by atoms with Gasteiger partial charge in [-0.15, -0.1) is 0 Å². The summed E-state index contributed by atoms with van der Waals surface area (Å²) in [5.74, 6) is -0.0921. The van der Waals surface area contributed by atoms with E-state index in [1.54, 1.807) is 36.5 Å². The van der Waals surface area contributed by atoms with Crippen LogP contribution in [0.15, 0.2) is 47.8 Å². The standard InChI is InChI=1S/C16H15N3O4/c1-11(20)23-14-6-5-12(8-15(14)22-2)9-18-19-16(21)13-4-3-7-17-10-13/h3-10H,1-2H3,(H,19,21)/b18-9+. The van der Waals surface area contributed by atoms with Crippen LogP contribution in [0.4, 0.5) is 0 Å². The molecule has 1 amide bonds. The lowest BCUT2D eigenvalue weighted by Gasteiger charge is -2.08. The highest BCUT2D eigenvalue weighted by Crippen LogP contribution is 2.27. The van der Waals surface area contributed by atoms with E-state index < -0.39 is 5.97 Å². The molecule has 7 nitrogen and oxygen atoms in total. The van der Waals surface area contributed by atoms with Gasteiger partial charge in [-0.3, -0.25) is 14.6 Å². The van der Waals surface area contributed by atoms with E-state index in [4.69, 9.17) is 9.47 Å². The van der Waals surface area contributed by atoms with Crippen LogP contribution in [-0.4, -0.2) is 30.2 Å². The van der Waals surface area contributed by atoms with Crippen molar-refractivity contribution in [1.82, 2.24) is 10.4 Å². The average molecular weight is 313 g/mol. The molecule has 2 rings (SSSR count). The van der Waals surface area contributed by atoms with Gasteiger partial charge in [0.2, 0.25) is 0 Å². The summed E-state index contributed by atoms with van der Waals surface area (Å²) in [4.78, 5) is 26.6. The summed E-state index contributed by atoms with van der Waals surface area (Å²) in [6, 6.07) is 8.20. The molecule has 118 valence electrons. The molecule has 0 unspecified atom stereocenters. The van der Waals surface area contributed by atoms with Crippen molar-refractivity contribution in [3.8, 4) is 11.5 Å². The van der Waals surface area contributed by atoms with Crippen molar-refractivity contribution in [2.45, 2.75) is 6.92 Å². The van der Waals surface area contributed by atoms with Crippen molar-refractivity contribution in [3.63, 3.8) is 0 Å². The molecule has 0 atom stereocenters. The van der Waals surface area contributed by atoms with Crippen LogP contribution >= 0.6 is 0 Å². The van der Waals surface area contributed by atoms with E-state index in [-0.39, 0.29) is 5.91 Å². The number of hydrogen-bond donors (Lipinski definition) is 1. The molecule has 1 N–H and O–H groups in total. The number of rotatable bonds is 5. The second-order valence-electron chi connectivity index (χ2n) is 4.44. The number of aromatic nitrogens is 1. The van der Waals surface area contributed by atoms with Crippen molar-refractivity contribution in [3.05, 3.63) is 53.9 Å². The number of ether oxygens (including phenoxy) is 2. The number of carbonyl (C=O) groups is 2. The van der Waals surface area contributed by atoms with Gasteiger partial charge in [0.1, 0.15) is 0 Å². The first-order chi connectivity index (χ1) is 11.1. The van der Waals surface area contributed by atoms with Crippen molar-refractivity contribution < 1.29 is 19.1 Å². The molecule has 23 heavy (non-hydrogen) atoms. The Morgan fingerprint density at radius 1 is 1.26 bits per heavy atom. The largest absolute Gasteiger partial charge is 0.493 e. The molecule has 0 radical (unpaired) electrons. The van der Waals surface area contributed by atoms with E-state index in [0.29, 0.717) is 22.6 Å². The summed E-state index contributed by atoms with van der Waals surface area (Å²) in [5, 5.41) is 3.87. The van der Waals surface area contributed by atoms with Gasteiger partial charge >= 0.3 is 5.97 Å². The van der Waals surface area contributed by atoms with Gasteiger partial charge in [0.05, 0.1) is 18.9 Å². The number of nitrogens with one attached hydrogen (secondary N) is 1. The maximum Gasteiger partial charge on any atom is 0.308 e. The number of nitrogens with zero attached hydrogens (tertiary/aromatic N) is 2. The Labute approximate surface area is 132 Å². The molecule has 0 saturated carbocycles. The molecule has 2 aromatic rings. The Kier molecular flexibility index (Phi) is 5.40. The molecular formula is C16H15N3O4. The predicted octanol–water partition coefficient (Wildman–Crippen LogP) is 1.78. The minimum atomic E-state index is -0.437. The summed E-state index contributed by atoms with van der Waals surface area (Å²) in [6.45, 7) is 1.31. The van der Waals surface area contributed by atoms with Crippen LogP contribution in [0.1, 0.15) is 22.8 Å². The fraction of sp³-hybridized carbons (Fsp3) is 0.125. The zero-order valence-electron chi connectivity index (χ0n) is 12.6. The Balaban J connectivity index is 2.05. The highest BCUT2D eigenvalue weighted by atomic mass is 16.6.